The van der Waals surface area contributed by atoms with Crippen LogP contribution < -0.4 is 0 Å². The third-order valence-electron chi connectivity index (χ3n) is 4.95. The third kappa shape index (κ3) is 3.43. The summed E-state index contributed by atoms with van der Waals surface area (Å²) in [6, 6.07) is 9.80. The predicted octanol–water partition coefficient (Wildman–Crippen LogP) is 3.47. The molecule has 0 saturated carbocycles. The number of hydrogen-bond donors (Lipinski definition) is 0. The normalized spacial score (nSPS) is 20.9. The molecule has 1 fully saturated rings. The van der Waals surface area contributed by atoms with Crippen molar-refractivity contribution in [3.63, 3.8) is 0 Å². The van der Waals surface area contributed by atoms with Crippen LogP contribution in [0, 0.1) is 5.82 Å². The molecule has 0 unspecified atom stereocenters. The highest BCUT2D eigenvalue weighted by atomic mass is 32.2. The first kappa shape index (κ1) is 18.3. The van der Waals surface area contributed by atoms with Crippen molar-refractivity contribution >= 4 is 20.8 Å². The monoisotopic (exact) mass is 364 g/mol. The van der Waals surface area contributed by atoms with Crippen molar-refractivity contribution in [2.24, 2.45) is 0 Å². The van der Waals surface area contributed by atoms with E-state index in [0.29, 0.717) is 24.5 Å². The van der Waals surface area contributed by atoms with Crippen LogP contribution in [-0.4, -0.2) is 49.3 Å². The third-order valence-corrected chi connectivity index (χ3v) is 7.00. The van der Waals surface area contributed by atoms with Gasteiger partial charge in [-0.05, 0) is 51.3 Å². The minimum atomic E-state index is -3.77. The van der Waals surface area contributed by atoms with Gasteiger partial charge in [0.25, 0.3) is 0 Å². The molecule has 2 aromatic carbocycles. The first-order valence-corrected chi connectivity index (χ1v) is 10.2. The SMILES string of the molecule is CC(C)N1CCCN(S(=O)(=O)c2cccc3cccc(F)c23)[C@@H](C)C1. The minimum Gasteiger partial charge on any atom is -0.299 e. The summed E-state index contributed by atoms with van der Waals surface area (Å²) < 4.78 is 42.6. The Labute approximate surface area is 149 Å². The number of fused-ring (bicyclic) bond motifs is 1. The van der Waals surface area contributed by atoms with E-state index in [-0.39, 0.29) is 16.3 Å². The van der Waals surface area contributed by atoms with Crippen LogP contribution in [0.4, 0.5) is 4.39 Å². The zero-order valence-electron chi connectivity index (χ0n) is 14.9. The molecule has 0 amide bonds. The Morgan fingerprint density at radius 1 is 1.12 bits per heavy atom. The van der Waals surface area contributed by atoms with Gasteiger partial charge >= 0.3 is 0 Å². The summed E-state index contributed by atoms with van der Waals surface area (Å²) in [7, 11) is -3.77. The van der Waals surface area contributed by atoms with Gasteiger partial charge in [0.2, 0.25) is 10.0 Å². The standard InChI is InChI=1S/C19H25FN2O2S/c1-14(2)21-11-6-12-22(15(3)13-21)25(23,24)18-10-5-8-16-7-4-9-17(20)19(16)18/h4-5,7-10,14-15H,6,11-13H2,1-3H3/t15-/m0/s1. The van der Waals surface area contributed by atoms with Crippen LogP contribution in [0.2, 0.25) is 0 Å². The van der Waals surface area contributed by atoms with E-state index in [0.717, 1.165) is 13.0 Å². The van der Waals surface area contributed by atoms with Gasteiger partial charge in [0.05, 0.1) is 4.90 Å². The summed E-state index contributed by atoms with van der Waals surface area (Å²) in [5.74, 6) is -0.497. The first-order chi connectivity index (χ1) is 11.8. The van der Waals surface area contributed by atoms with E-state index in [1.54, 1.807) is 24.3 Å². The van der Waals surface area contributed by atoms with Gasteiger partial charge < -0.3 is 0 Å². The zero-order valence-corrected chi connectivity index (χ0v) is 15.8. The molecular formula is C19H25FN2O2S. The van der Waals surface area contributed by atoms with Gasteiger partial charge in [-0.25, -0.2) is 12.8 Å². The minimum absolute atomic E-state index is 0.0629. The summed E-state index contributed by atoms with van der Waals surface area (Å²) in [5, 5.41) is 0.787. The van der Waals surface area contributed by atoms with Crippen molar-refractivity contribution in [1.82, 2.24) is 9.21 Å². The number of benzene rings is 2. The molecule has 0 bridgehead atoms. The van der Waals surface area contributed by atoms with Crippen molar-refractivity contribution < 1.29 is 12.8 Å². The summed E-state index contributed by atoms with van der Waals surface area (Å²) in [6.45, 7) is 8.19. The average molecular weight is 364 g/mol. The van der Waals surface area contributed by atoms with Gasteiger partial charge in [-0.15, -0.1) is 0 Å². The maximum atomic E-state index is 14.4. The van der Waals surface area contributed by atoms with E-state index >= 15 is 0 Å². The lowest BCUT2D eigenvalue weighted by molar-refractivity contribution is 0.208. The number of hydrogen-bond acceptors (Lipinski definition) is 3. The molecular weight excluding hydrogens is 339 g/mol. The van der Waals surface area contributed by atoms with Gasteiger partial charge in [0, 0.05) is 30.6 Å². The molecule has 0 aromatic heterocycles. The molecule has 1 aliphatic rings. The van der Waals surface area contributed by atoms with Gasteiger partial charge in [0.1, 0.15) is 5.82 Å². The van der Waals surface area contributed by atoms with Gasteiger partial charge in [-0.2, -0.15) is 4.31 Å². The Balaban J connectivity index is 2.05. The molecule has 4 nitrogen and oxygen atoms in total. The molecule has 25 heavy (non-hydrogen) atoms. The molecule has 1 saturated heterocycles. The smallest absolute Gasteiger partial charge is 0.244 e. The van der Waals surface area contributed by atoms with E-state index in [1.165, 1.54) is 16.4 Å². The van der Waals surface area contributed by atoms with E-state index in [9.17, 15) is 12.8 Å². The van der Waals surface area contributed by atoms with E-state index in [2.05, 4.69) is 18.7 Å². The van der Waals surface area contributed by atoms with E-state index in [1.807, 2.05) is 6.92 Å². The summed E-state index contributed by atoms with van der Waals surface area (Å²) >= 11 is 0. The maximum Gasteiger partial charge on any atom is 0.244 e. The van der Waals surface area contributed by atoms with Crippen LogP contribution in [0.15, 0.2) is 41.3 Å². The lowest BCUT2D eigenvalue weighted by Crippen LogP contribution is -2.44. The van der Waals surface area contributed by atoms with Crippen molar-refractivity contribution in [2.75, 3.05) is 19.6 Å². The number of nitrogens with zero attached hydrogens (tertiary/aromatic N) is 2. The topological polar surface area (TPSA) is 40.6 Å². The lowest BCUT2D eigenvalue weighted by atomic mass is 10.1. The Morgan fingerprint density at radius 3 is 2.48 bits per heavy atom. The molecule has 2 aromatic rings. The molecule has 0 radical (unpaired) electrons. The van der Waals surface area contributed by atoms with Crippen LogP contribution in [0.5, 0.6) is 0 Å². The predicted molar refractivity (Wildman–Crippen MR) is 98.6 cm³/mol. The van der Waals surface area contributed by atoms with Crippen LogP contribution in [0.1, 0.15) is 27.2 Å². The molecule has 1 heterocycles. The Hall–Kier alpha value is -1.50. The molecule has 0 aliphatic carbocycles. The van der Waals surface area contributed by atoms with Crippen LogP contribution >= 0.6 is 0 Å². The molecule has 0 N–H and O–H groups in total. The van der Waals surface area contributed by atoms with E-state index in [4.69, 9.17) is 0 Å². The molecule has 3 rings (SSSR count). The largest absolute Gasteiger partial charge is 0.299 e. The second-order valence-corrected chi connectivity index (χ2v) is 8.86. The fourth-order valence-corrected chi connectivity index (χ4v) is 5.49. The fraction of sp³-hybridized carbons (Fsp3) is 0.474. The van der Waals surface area contributed by atoms with Crippen molar-refractivity contribution in [1.29, 1.82) is 0 Å². The molecule has 136 valence electrons. The highest BCUT2D eigenvalue weighted by Gasteiger charge is 2.33. The number of rotatable bonds is 3. The quantitative estimate of drug-likeness (QED) is 0.837. The molecule has 1 atom stereocenters. The fourth-order valence-electron chi connectivity index (χ4n) is 3.60. The number of halogens is 1. The van der Waals surface area contributed by atoms with Crippen LogP contribution in [-0.2, 0) is 10.0 Å². The first-order valence-electron chi connectivity index (χ1n) is 8.75. The zero-order chi connectivity index (χ0) is 18.2. The summed E-state index contributed by atoms with van der Waals surface area (Å²) in [4.78, 5) is 2.36. The summed E-state index contributed by atoms with van der Waals surface area (Å²) in [5.41, 5.74) is 0. The maximum absolute atomic E-state index is 14.4. The van der Waals surface area contributed by atoms with Gasteiger partial charge in [0.15, 0.2) is 0 Å². The Kier molecular flexibility index (Phi) is 5.14. The molecule has 1 aliphatic heterocycles. The second-order valence-electron chi connectivity index (χ2n) is 7.00. The Morgan fingerprint density at radius 2 is 1.80 bits per heavy atom. The lowest BCUT2D eigenvalue weighted by Gasteiger charge is -2.30. The van der Waals surface area contributed by atoms with Crippen molar-refractivity contribution in [3.8, 4) is 0 Å². The Bertz CT molecular complexity index is 862. The van der Waals surface area contributed by atoms with Gasteiger partial charge in [-0.3, -0.25) is 4.90 Å². The van der Waals surface area contributed by atoms with E-state index < -0.39 is 15.8 Å². The second kappa shape index (κ2) is 7.02. The highest BCUT2D eigenvalue weighted by molar-refractivity contribution is 7.89. The average Bonchev–Trinajstić information content (AvgIpc) is 2.77. The van der Waals surface area contributed by atoms with Crippen molar-refractivity contribution in [3.05, 3.63) is 42.2 Å². The van der Waals surface area contributed by atoms with Gasteiger partial charge in [-0.1, -0.05) is 24.3 Å². The van der Waals surface area contributed by atoms with Crippen LogP contribution in [0.3, 0.4) is 0 Å². The summed E-state index contributed by atoms with van der Waals surface area (Å²) in [6.07, 6.45) is 0.773. The van der Waals surface area contributed by atoms with Crippen LogP contribution in [0.25, 0.3) is 10.8 Å². The van der Waals surface area contributed by atoms with Crippen molar-refractivity contribution in [2.45, 2.75) is 44.2 Å². The highest BCUT2D eigenvalue weighted by Crippen LogP contribution is 2.30. The number of sulfonamides is 1. The molecule has 6 heteroatoms. The molecule has 0 spiro atoms.